The zero-order valence-electron chi connectivity index (χ0n) is 34.5. The molecule has 2 atom stereocenters. The third kappa shape index (κ3) is 8.44. The number of amides is 2. The Labute approximate surface area is 349 Å². The van der Waals surface area contributed by atoms with Gasteiger partial charge in [-0.15, -0.1) is 0 Å². The van der Waals surface area contributed by atoms with Crippen molar-refractivity contribution in [2.24, 2.45) is 9.98 Å². The fraction of sp³-hybridized carbons (Fsp3) is 0.319. The number of rotatable bonds is 16. The second-order valence-electron chi connectivity index (χ2n) is 15.1. The van der Waals surface area contributed by atoms with Crippen molar-refractivity contribution in [1.29, 1.82) is 0 Å². The van der Waals surface area contributed by atoms with Crippen molar-refractivity contribution in [3.63, 3.8) is 0 Å². The van der Waals surface area contributed by atoms with Crippen LogP contribution in [0.4, 0.5) is 11.4 Å². The molecule has 0 fully saturated rings. The highest BCUT2D eigenvalue weighted by molar-refractivity contribution is 6.06. The number of hydrogen-bond acceptors (Lipinski definition) is 11. The summed E-state index contributed by atoms with van der Waals surface area (Å²) in [6, 6.07) is 22.6. The summed E-state index contributed by atoms with van der Waals surface area (Å²) in [5, 5.41) is 3.35. The first-order chi connectivity index (χ1) is 29.2. The lowest BCUT2D eigenvalue weighted by molar-refractivity contribution is 0.0809. The minimum Gasteiger partial charge on any atom is -0.497 e. The summed E-state index contributed by atoms with van der Waals surface area (Å²) >= 11 is 0. The zero-order chi connectivity index (χ0) is 41.8. The third-order valence-electron chi connectivity index (χ3n) is 10.8. The van der Waals surface area contributed by atoms with Gasteiger partial charge in [-0.3, -0.25) is 19.6 Å². The maximum Gasteiger partial charge on any atom is 0.260 e. The molecule has 2 amide bonds. The van der Waals surface area contributed by atoms with Crippen LogP contribution in [-0.2, 0) is 0 Å². The summed E-state index contributed by atoms with van der Waals surface area (Å²) in [6.07, 6.45) is 9.26. The van der Waals surface area contributed by atoms with Crippen molar-refractivity contribution in [2.45, 2.75) is 51.2 Å². The van der Waals surface area contributed by atoms with Crippen LogP contribution in [0.15, 0.2) is 95.2 Å². The van der Waals surface area contributed by atoms with Crippen LogP contribution < -0.4 is 33.7 Å². The minimum absolute atomic E-state index is 0.158. The highest BCUT2D eigenvalue weighted by atomic mass is 16.5. The topological polar surface area (TPSA) is 133 Å². The van der Waals surface area contributed by atoms with Crippen LogP contribution in [0.2, 0.25) is 0 Å². The molecule has 0 radical (unpaired) electrons. The molecule has 0 aliphatic carbocycles. The van der Waals surface area contributed by atoms with Crippen molar-refractivity contribution >= 4 is 46.8 Å². The van der Waals surface area contributed by atoms with E-state index < -0.39 is 0 Å². The average molecular weight is 812 g/mol. The predicted molar refractivity (Wildman–Crippen MR) is 231 cm³/mol. The van der Waals surface area contributed by atoms with E-state index in [9.17, 15) is 9.59 Å². The number of fused-ring (bicyclic) bond motifs is 4. The number of carbonyl (C=O) groups is 2. The van der Waals surface area contributed by atoms with Crippen molar-refractivity contribution < 1.29 is 38.0 Å². The van der Waals surface area contributed by atoms with E-state index in [2.05, 4.69) is 19.2 Å². The van der Waals surface area contributed by atoms with Gasteiger partial charge in [0.15, 0.2) is 23.0 Å². The summed E-state index contributed by atoms with van der Waals surface area (Å²) in [4.78, 5) is 40.6. The Kier molecular flexibility index (Phi) is 11.9. The highest BCUT2D eigenvalue weighted by Gasteiger charge is 2.35. The summed E-state index contributed by atoms with van der Waals surface area (Å²) in [5.41, 5.74) is 6.06. The molecule has 4 aliphatic heterocycles. The largest absolute Gasteiger partial charge is 0.497 e. The monoisotopic (exact) mass is 811 g/mol. The Morgan fingerprint density at radius 3 is 1.55 bits per heavy atom. The number of aliphatic imine (C=N–C) groups is 2. The van der Waals surface area contributed by atoms with E-state index in [1.54, 1.807) is 55.4 Å². The quantitative estimate of drug-likeness (QED) is 0.112. The predicted octanol–water partition coefficient (Wildman–Crippen LogP) is 7.88. The molecule has 0 saturated heterocycles. The van der Waals surface area contributed by atoms with Gasteiger partial charge < -0.3 is 43.5 Å². The number of ether oxygens (including phenoxy) is 6. The van der Waals surface area contributed by atoms with Gasteiger partial charge in [-0.05, 0) is 58.7 Å². The Hall–Kier alpha value is -6.60. The van der Waals surface area contributed by atoms with Gasteiger partial charge in [-0.25, -0.2) is 0 Å². The van der Waals surface area contributed by atoms with Crippen molar-refractivity contribution in [3.8, 4) is 34.5 Å². The fourth-order valence-electron chi connectivity index (χ4n) is 7.65. The molecule has 4 aromatic carbocycles. The molecule has 13 heteroatoms. The van der Waals surface area contributed by atoms with Crippen molar-refractivity contribution in [1.82, 2.24) is 15.1 Å². The molecule has 310 valence electrons. The smallest absolute Gasteiger partial charge is 0.260 e. The number of hydrogen-bond donors (Lipinski definition) is 1. The molecule has 0 aromatic heterocycles. The summed E-state index contributed by atoms with van der Waals surface area (Å²) in [6.45, 7) is 6.18. The Morgan fingerprint density at radius 1 is 0.617 bits per heavy atom. The van der Waals surface area contributed by atoms with Gasteiger partial charge in [0.05, 0.1) is 69.1 Å². The number of nitrogens with zero attached hydrogens (tertiary/aromatic N) is 4. The van der Waals surface area contributed by atoms with Crippen molar-refractivity contribution in [2.75, 3.05) is 47.7 Å². The van der Waals surface area contributed by atoms with Crippen LogP contribution in [0.3, 0.4) is 0 Å². The molecule has 0 saturated carbocycles. The second-order valence-corrected chi connectivity index (χ2v) is 15.1. The van der Waals surface area contributed by atoms with Crippen LogP contribution >= 0.6 is 0 Å². The van der Waals surface area contributed by atoms with E-state index in [4.69, 9.17) is 38.4 Å². The number of carbonyl (C=O) groups excluding carboxylic acids is 2. The molecule has 0 bridgehead atoms. The van der Waals surface area contributed by atoms with E-state index in [0.29, 0.717) is 90.6 Å². The maximum atomic E-state index is 13.9. The number of nitrogens with one attached hydrogen (secondary N) is 1. The average Bonchev–Trinajstić information content (AvgIpc) is 3.85. The van der Waals surface area contributed by atoms with Crippen LogP contribution in [0.25, 0.3) is 11.1 Å². The van der Waals surface area contributed by atoms with Crippen LogP contribution in [-0.4, -0.2) is 99.9 Å². The molecule has 0 unspecified atom stereocenters. The maximum absolute atomic E-state index is 13.9. The van der Waals surface area contributed by atoms with E-state index in [1.807, 2.05) is 73.4 Å². The van der Waals surface area contributed by atoms with E-state index >= 15 is 0 Å². The number of methoxy groups -OCH3 is 3. The molecule has 60 heavy (non-hydrogen) atoms. The first kappa shape index (κ1) is 40.2. The fourth-order valence-corrected chi connectivity index (χ4v) is 7.65. The molecule has 8 rings (SSSR count). The Balaban J connectivity index is 0.876. The lowest BCUT2D eigenvalue weighted by Gasteiger charge is -2.19. The summed E-state index contributed by atoms with van der Waals surface area (Å²) in [5.74, 6) is 3.08. The van der Waals surface area contributed by atoms with Crippen LogP contribution in [0.5, 0.6) is 34.5 Å². The molecule has 4 aliphatic rings. The van der Waals surface area contributed by atoms with Gasteiger partial charge in [-0.1, -0.05) is 38.1 Å². The third-order valence-corrected chi connectivity index (χ3v) is 10.8. The normalized spacial score (nSPS) is 17.6. The first-order valence-electron chi connectivity index (χ1n) is 20.2. The van der Waals surface area contributed by atoms with E-state index in [0.717, 1.165) is 40.3 Å². The van der Waals surface area contributed by atoms with Gasteiger partial charge in [0.25, 0.3) is 11.8 Å². The standard InChI is InChI=1S/C47H49N5O8/c1-29(2)48-15-18-58-37-13-9-31(10-14-37)33-20-35-26-50-41-24-45(43(57-5)22-39(41)47(54)52(35)28-33)60-17-6-16-59-44-23-40-38(21-42(44)56-4)46(53)51-27-32(19-34(51)25-49-40)30-7-11-36(55-3)12-8-30/h7-14,21-29,34-35,48H,6,15-20H2,1-5H3/t34-,35-/m0/s1. The van der Waals surface area contributed by atoms with Gasteiger partial charge in [0, 0.05) is 68.8 Å². The van der Waals surface area contributed by atoms with E-state index in [-0.39, 0.29) is 23.9 Å². The SMILES string of the molecule is COc1ccc(C2=CN3C(=O)c4cc(OC)c(OCCCOc5cc6c(cc5OC)C(=O)N5C=C(c7ccc(OCCNC(C)C)cc7)C[C@H]5C=N6)cc4N=C[C@@H]3C2)cc1. The molecule has 0 spiro atoms. The summed E-state index contributed by atoms with van der Waals surface area (Å²) in [7, 11) is 4.73. The summed E-state index contributed by atoms with van der Waals surface area (Å²) < 4.78 is 34.8. The molecule has 4 aromatic rings. The van der Waals surface area contributed by atoms with E-state index in [1.165, 1.54) is 0 Å². The molecular formula is C47H49N5O8. The lowest BCUT2D eigenvalue weighted by Crippen LogP contribution is -2.32. The minimum atomic E-state index is -0.217. The van der Waals surface area contributed by atoms with Crippen LogP contribution in [0, 0.1) is 0 Å². The Bertz CT molecular complexity index is 2370. The van der Waals surface area contributed by atoms with Crippen molar-refractivity contribution in [3.05, 3.63) is 107 Å². The zero-order valence-corrected chi connectivity index (χ0v) is 34.5. The van der Waals surface area contributed by atoms with Gasteiger partial charge in [0.2, 0.25) is 0 Å². The van der Waals surface area contributed by atoms with Gasteiger partial charge in [0.1, 0.15) is 18.1 Å². The molecule has 13 nitrogen and oxygen atoms in total. The molecule has 1 N–H and O–H groups in total. The van der Waals surface area contributed by atoms with Gasteiger partial charge in [-0.2, -0.15) is 0 Å². The molecular weight excluding hydrogens is 763 g/mol. The van der Waals surface area contributed by atoms with Crippen LogP contribution in [0.1, 0.15) is 65.0 Å². The molecule has 4 heterocycles. The lowest BCUT2D eigenvalue weighted by atomic mass is 10.0. The highest BCUT2D eigenvalue weighted by Crippen LogP contribution is 2.42. The first-order valence-corrected chi connectivity index (χ1v) is 20.2. The second kappa shape index (κ2) is 17.7. The van der Waals surface area contributed by atoms with Gasteiger partial charge >= 0.3 is 0 Å². The Morgan fingerprint density at radius 2 is 1.10 bits per heavy atom. The number of benzene rings is 4.